The molecule has 0 aliphatic heterocycles. The quantitative estimate of drug-likeness (QED) is 0.734. The van der Waals surface area contributed by atoms with Crippen LogP contribution in [0, 0.1) is 5.82 Å². The molecule has 1 aromatic rings. The zero-order chi connectivity index (χ0) is 13.4. The molecule has 0 aromatic heterocycles. The van der Waals surface area contributed by atoms with Crippen LogP contribution in [0.25, 0.3) is 0 Å². The molecule has 1 amide bonds. The van der Waals surface area contributed by atoms with E-state index >= 15 is 0 Å². The Balaban J connectivity index is 2.52. The molecule has 18 heavy (non-hydrogen) atoms. The van der Waals surface area contributed by atoms with Gasteiger partial charge < -0.3 is 15.8 Å². The smallest absolute Gasteiger partial charge is 0.224 e. The Morgan fingerprint density at radius 2 is 2.22 bits per heavy atom. The summed E-state index contributed by atoms with van der Waals surface area (Å²) in [6.45, 7) is 2.76. The van der Waals surface area contributed by atoms with E-state index in [1.54, 1.807) is 13.0 Å². The van der Waals surface area contributed by atoms with Crippen LogP contribution in [-0.2, 0) is 4.79 Å². The van der Waals surface area contributed by atoms with Gasteiger partial charge >= 0.3 is 0 Å². The number of unbranched alkanes of at least 4 members (excludes halogenated alkanes) is 1. The van der Waals surface area contributed by atoms with Crippen LogP contribution in [0.15, 0.2) is 18.2 Å². The highest BCUT2D eigenvalue weighted by Gasteiger charge is 2.06. The highest BCUT2D eigenvalue weighted by molar-refractivity contribution is 5.90. The molecular formula is C13H19FN2O2. The van der Waals surface area contributed by atoms with Gasteiger partial charge in [-0.1, -0.05) is 0 Å². The lowest BCUT2D eigenvalue weighted by Crippen LogP contribution is -2.12. The Hall–Kier alpha value is -1.62. The minimum atomic E-state index is -0.475. The lowest BCUT2D eigenvalue weighted by molar-refractivity contribution is -0.116. The number of nitrogens with one attached hydrogen (secondary N) is 1. The first kappa shape index (κ1) is 14.4. The van der Waals surface area contributed by atoms with Gasteiger partial charge in [0.05, 0.1) is 6.61 Å². The summed E-state index contributed by atoms with van der Waals surface area (Å²) in [6, 6.07) is 4.38. The Kier molecular flexibility index (Phi) is 6.14. The molecule has 0 bridgehead atoms. The van der Waals surface area contributed by atoms with E-state index in [9.17, 15) is 9.18 Å². The maximum atomic E-state index is 13.5. The van der Waals surface area contributed by atoms with Gasteiger partial charge in [-0.2, -0.15) is 0 Å². The number of hydrogen-bond acceptors (Lipinski definition) is 3. The van der Waals surface area contributed by atoms with Crippen molar-refractivity contribution in [1.82, 2.24) is 0 Å². The molecule has 0 heterocycles. The number of rotatable bonds is 7. The Bertz CT molecular complexity index is 397. The minimum Gasteiger partial charge on any atom is -0.491 e. The van der Waals surface area contributed by atoms with Crippen molar-refractivity contribution in [2.24, 2.45) is 5.73 Å². The van der Waals surface area contributed by atoms with Gasteiger partial charge in [0, 0.05) is 18.2 Å². The summed E-state index contributed by atoms with van der Waals surface area (Å²) in [7, 11) is 0. The predicted octanol–water partition coefficient (Wildman–Crippen LogP) is 2.29. The fraction of sp³-hybridized carbons (Fsp3) is 0.462. The molecule has 1 rings (SSSR count). The van der Waals surface area contributed by atoms with Crippen LogP contribution in [0.2, 0.25) is 0 Å². The van der Waals surface area contributed by atoms with Gasteiger partial charge in [-0.05, 0) is 38.4 Å². The number of hydrogen-bond donors (Lipinski definition) is 2. The van der Waals surface area contributed by atoms with Gasteiger partial charge in [-0.3, -0.25) is 4.79 Å². The highest BCUT2D eigenvalue weighted by Crippen LogP contribution is 2.21. The van der Waals surface area contributed by atoms with Crippen LogP contribution < -0.4 is 15.8 Å². The van der Waals surface area contributed by atoms with Crippen molar-refractivity contribution in [2.45, 2.75) is 26.2 Å². The van der Waals surface area contributed by atoms with Gasteiger partial charge in [-0.25, -0.2) is 4.39 Å². The number of halogens is 1. The van der Waals surface area contributed by atoms with Gasteiger partial charge in [0.1, 0.15) is 0 Å². The van der Waals surface area contributed by atoms with E-state index in [0.717, 1.165) is 12.8 Å². The second-order valence-electron chi connectivity index (χ2n) is 3.87. The summed E-state index contributed by atoms with van der Waals surface area (Å²) in [5, 5.41) is 2.64. The summed E-state index contributed by atoms with van der Waals surface area (Å²) >= 11 is 0. The molecule has 3 N–H and O–H groups in total. The van der Waals surface area contributed by atoms with Crippen LogP contribution in [0.1, 0.15) is 26.2 Å². The topological polar surface area (TPSA) is 64.3 Å². The number of carbonyl (C=O) groups excluding carboxylic acids is 1. The molecule has 0 aliphatic carbocycles. The van der Waals surface area contributed by atoms with E-state index in [1.165, 1.54) is 12.1 Å². The molecule has 0 saturated heterocycles. The summed E-state index contributed by atoms with van der Waals surface area (Å²) in [4.78, 5) is 11.5. The van der Waals surface area contributed by atoms with E-state index in [1.807, 2.05) is 0 Å². The van der Waals surface area contributed by atoms with Crippen molar-refractivity contribution in [3.05, 3.63) is 24.0 Å². The van der Waals surface area contributed by atoms with E-state index in [2.05, 4.69) is 5.32 Å². The van der Waals surface area contributed by atoms with Crippen molar-refractivity contribution in [2.75, 3.05) is 18.5 Å². The van der Waals surface area contributed by atoms with Crippen molar-refractivity contribution in [1.29, 1.82) is 0 Å². The van der Waals surface area contributed by atoms with Crippen LogP contribution in [0.5, 0.6) is 5.75 Å². The minimum absolute atomic E-state index is 0.132. The second kappa shape index (κ2) is 7.66. The van der Waals surface area contributed by atoms with Crippen LogP contribution in [0.3, 0.4) is 0 Å². The fourth-order valence-corrected chi connectivity index (χ4v) is 1.50. The van der Waals surface area contributed by atoms with Crippen LogP contribution >= 0.6 is 0 Å². The molecular weight excluding hydrogens is 235 g/mol. The van der Waals surface area contributed by atoms with Gasteiger partial charge in [0.25, 0.3) is 0 Å². The van der Waals surface area contributed by atoms with Crippen LogP contribution in [-0.4, -0.2) is 19.1 Å². The molecule has 1 aromatic carbocycles. The van der Waals surface area contributed by atoms with Gasteiger partial charge in [-0.15, -0.1) is 0 Å². The maximum absolute atomic E-state index is 13.5. The molecule has 0 spiro atoms. The molecule has 5 heteroatoms. The average Bonchev–Trinajstić information content (AvgIpc) is 2.33. The number of anilines is 1. The molecule has 4 nitrogen and oxygen atoms in total. The summed E-state index contributed by atoms with van der Waals surface area (Å²) in [6.07, 6.45) is 1.94. The standard InChI is InChI=1S/C13H19FN2O2/c1-2-18-12-7-6-10(9-11(12)14)16-13(17)5-3-4-8-15/h6-7,9H,2-5,8,15H2,1H3,(H,16,17). The average molecular weight is 254 g/mol. The van der Waals surface area contributed by atoms with E-state index in [-0.39, 0.29) is 11.7 Å². The predicted molar refractivity (Wildman–Crippen MR) is 69.1 cm³/mol. The van der Waals surface area contributed by atoms with Crippen molar-refractivity contribution < 1.29 is 13.9 Å². The SMILES string of the molecule is CCOc1ccc(NC(=O)CCCCN)cc1F. The van der Waals surface area contributed by atoms with Crippen molar-refractivity contribution >= 4 is 11.6 Å². The number of nitrogens with two attached hydrogens (primary N) is 1. The van der Waals surface area contributed by atoms with E-state index in [4.69, 9.17) is 10.5 Å². The Morgan fingerprint density at radius 1 is 1.44 bits per heavy atom. The first-order valence-electron chi connectivity index (χ1n) is 6.09. The largest absolute Gasteiger partial charge is 0.491 e. The lowest BCUT2D eigenvalue weighted by Gasteiger charge is -2.08. The normalized spacial score (nSPS) is 10.2. The first-order valence-corrected chi connectivity index (χ1v) is 6.09. The highest BCUT2D eigenvalue weighted by atomic mass is 19.1. The summed E-state index contributed by atoms with van der Waals surface area (Å²) < 4.78 is 18.6. The lowest BCUT2D eigenvalue weighted by atomic mass is 10.2. The zero-order valence-corrected chi connectivity index (χ0v) is 10.5. The molecule has 0 unspecified atom stereocenters. The first-order chi connectivity index (χ1) is 8.67. The Morgan fingerprint density at radius 3 is 2.83 bits per heavy atom. The summed E-state index contributed by atoms with van der Waals surface area (Å²) in [5.41, 5.74) is 5.78. The van der Waals surface area contributed by atoms with Gasteiger partial charge in [0.2, 0.25) is 5.91 Å². The molecule has 0 fully saturated rings. The third kappa shape index (κ3) is 4.71. The van der Waals surface area contributed by atoms with Crippen LogP contribution in [0.4, 0.5) is 10.1 Å². The third-order valence-corrected chi connectivity index (χ3v) is 2.37. The monoisotopic (exact) mass is 254 g/mol. The fourth-order valence-electron chi connectivity index (χ4n) is 1.50. The zero-order valence-electron chi connectivity index (χ0n) is 10.5. The number of carbonyl (C=O) groups is 1. The third-order valence-electron chi connectivity index (χ3n) is 2.37. The molecule has 0 atom stereocenters. The summed E-state index contributed by atoms with van der Waals surface area (Å²) in [5.74, 6) is -0.415. The van der Waals surface area contributed by atoms with E-state index < -0.39 is 5.82 Å². The van der Waals surface area contributed by atoms with Crippen molar-refractivity contribution in [3.63, 3.8) is 0 Å². The maximum Gasteiger partial charge on any atom is 0.224 e. The Labute approximate surface area is 106 Å². The van der Waals surface area contributed by atoms with E-state index in [0.29, 0.717) is 25.3 Å². The number of benzene rings is 1. The molecule has 100 valence electrons. The van der Waals surface area contributed by atoms with Crippen molar-refractivity contribution in [3.8, 4) is 5.75 Å². The molecule has 0 aliphatic rings. The number of amides is 1. The molecule has 0 saturated carbocycles. The number of ether oxygens (including phenoxy) is 1. The second-order valence-corrected chi connectivity index (χ2v) is 3.87. The van der Waals surface area contributed by atoms with Gasteiger partial charge in [0.15, 0.2) is 11.6 Å². The molecule has 0 radical (unpaired) electrons.